The van der Waals surface area contributed by atoms with E-state index in [1.54, 1.807) is 12.1 Å². The lowest BCUT2D eigenvalue weighted by molar-refractivity contribution is 0.457. The molecule has 0 radical (unpaired) electrons. The molecule has 0 saturated heterocycles. The van der Waals surface area contributed by atoms with E-state index in [4.69, 9.17) is 0 Å². The van der Waals surface area contributed by atoms with Crippen LogP contribution >= 0.6 is 0 Å². The maximum Gasteiger partial charge on any atom is 0.123 e. The number of hydrogen-bond acceptors (Lipinski definition) is 2. The standard InChI is InChI=1S/C16H17FN2/c1-11(13-4-2-6-14(17)10-13)19-15-8-7-12-5-3-9-18-16(12)15/h2-6,9-11,15,19H,7-8H2,1H3/t11-,15?/m0/s1. The Morgan fingerprint density at radius 1 is 1.32 bits per heavy atom. The molecule has 0 fully saturated rings. The van der Waals surface area contributed by atoms with Crippen LogP contribution in [0.25, 0.3) is 0 Å². The zero-order chi connectivity index (χ0) is 13.2. The van der Waals surface area contributed by atoms with Gasteiger partial charge in [0.1, 0.15) is 5.82 Å². The molecule has 2 aromatic rings. The van der Waals surface area contributed by atoms with Crippen molar-refractivity contribution in [1.29, 1.82) is 0 Å². The molecule has 1 heterocycles. The topological polar surface area (TPSA) is 24.9 Å². The van der Waals surface area contributed by atoms with E-state index in [1.807, 2.05) is 18.3 Å². The third-order valence-corrected chi connectivity index (χ3v) is 3.76. The number of nitrogens with one attached hydrogen (secondary N) is 1. The van der Waals surface area contributed by atoms with Gasteiger partial charge >= 0.3 is 0 Å². The van der Waals surface area contributed by atoms with E-state index < -0.39 is 0 Å². The highest BCUT2D eigenvalue weighted by Gasteiger charge is 2.24. The summed E-state index contributed by atoms with van der Waals surface area (Å²) in [5.41, 5.74) is 3.45. The van der Waals surface area contributed by atoms with Crippen LogP contribution in [0.5, 0.6) is 0 Å². The molecule has 98 valence electrons. The predicted octanol–water partition coefficient (Wildman–Crippen LogP) is 3.56. The third kappa shape index (κ3) is 2.51. The van der Waals surface area contributed by atoms with Crippen LogP contribution in [0.3, 0.4) is 0 Å². The summed E-state index contributed by atoms with van der Waals surface area (Å²) in [7, 11) is 0. The van der Waals surface area contributed by atoms with Crippen LogP contribution in [-0.4, -0.2) is 4.98 Å². The molecule has 0 bridgehead atoms. The van der Waals surface area contributed by atoms with Gasteiger partial charge in [0.2, 0.25) is 0 Å². The Bertz CT molecular complexity index is 582. The Kier molecular flexibility index (Phi) is 3.30. The predicted molar refractivity (Wildman–Crippen MR) is 73.2 cm³/mol. The fraction of sp³-hybridized carbons (Fsp3) is 0.312. The van der Waals surface area contributed by atoms with Crippen LogP contribution in [0.4, 0.5) is 4.39 Å². The van der Waals surface area contributed by atoms with E-state index in [1.165, 1.54) is 11.6 Å². The third-order valence-electron chi connectivity index (χ3n) is 3.76. The Morgan fingerprint density at radius 3 is 3.05 bits per heavy atom. The molecule has 0 spiro atoms. The lowest BCUT2D eigenvalue weighted by Gasteiger charge is -2.20. The van der Waals surface area contributed by atoms with Gasteiger partial charge in [-0.15, -0.1) is 0 Å². The Morgan fingerprint density at radius 2 is 2.21 bits per heavy atom. The van der Waals surface area contributed by atoms with Crippen molar-refractivity contribution in [3.05, 3.63) is 65.2 Å². The number of pyridine rings is 1. The van der Waals surface area contributed by atoms with Gasteiger partial charge in [0.05, 0.1) is 11.7 Å². The summed E-state index contributed by atoms with van der Waals surface area (Å²) in [5.74, 6) is -0.184. The second kappa shape index (κ2) is 5.10. The van der Waals surface area contributed by atoms with E-state index in [0.717, 1.165) is 24.1 Å². The van der Waals surface area contributed by atoms with Crippen molar-refractivity contribution in [3.63, 3.8) is 0 Å². The van der Waals surface area contributed by atoms with E-state index in [9.17, 15) is 4.39 Å². The number of halogens is 1. The molecule has 2 nitrogen and oxygen atoms in total. The van der Waals surface area contributed by atoms with Gasteiger partial charge in [-0.25, -0.2) is 4.39 Å². The first-order valence-electron chi connectivity index (χ1n) is 6.69. The molecule has 2 atom stereocenters. The molecule has 3 heteroatoms. The van der Waals surface area contributed by atoms with Gasteiger partial charge in [0.25, 0.3) is 0 Å². The van der Waals surface area contributed by atoms with Crippen molar-refractivity contribution in [1.82, 2.24) is 10.3 Å². The van der Waals surface area contributed by atoms with Crippen molar-refractivity contribution in [3.8, 4) is 0 Å². The summed E-state index contributed by atoms with van der Waals surface area (Å²) in [5, 5.41) is 3.55. The number of aryl methyl sites for hydroxylation is 1. The maximum absolute atomic E-state index is 13.2. The van der Waals surface area contributed by atoms with Gasteiger partial charge in [0.15, 0.2) is 0 Å². The first-order chi connectivity index (χ1) is 9.24. The first kappa shape index (κ1) is 12.3. The summed E-state index contributed by atoms with van der Waals surface area (Å²) in [6.45, 7) is 2.07. The van der Waals surface area contributed by atoms with Crippen LogP contribution in [0, 0.1) is 5.82 Å². The second-order valence-electron chi connectivity index (χ2n) is 5.08. The number of aromatic nitrogens is 1. The summed E-state index contributed by atoms with van der Waals surface area (Å²) in [6, 6.07) is 11.3. The molecule has 0 amide bonds. The lowest BCUT2D eigenvalue weighted by Crippen LogP contribution is -2.23. The van der Waals surface area contributed by atoms with Gasteiger partial charge in [-0.1, -0.05) is 18.2 Å². The van der Waals surface area contributed by atoms with Crippen LogP contribution < -0.4 is 5.32 Å². The van der Waals surface area contributed by atoms with Crippen molar-refractivity contribution in [2.24, 2.45) is 0 Å². The molecule has 19 heavy (non-hydrogen) atoms. The molecule has 1 aromatic heterocycles. The molecule has 0 aliphatic heterocycles. The van der Waals surface area contributed by atoms with Crippen molar-refractivity contribution in [2.75, 3.05) is 0 Å². The Labute approximate surface area is 112 Å². The largest absolute Gasteiger partial charge is 0.302 e. The van der Waals surface area contributed by atoms with Gasteiger partial charge in [-0.2, -0.15) is 0 Å². The SMILES string of the molecule is C[C@H](NC1CCc2cccnc21)c1cccc(F)c1. The molecule has 3 rings (SSSR count). The van der Waals surface area contributed by atoms with Crippen molar-refractivity contribution >= 4 is 0 Å². The Balaban J connectivity index is 1.76. The minimum atomic E-state index is -0.184. The molecule has 1 unspecified atom stereocenters. The summed E-state index contributed by atoms with van der Waals surface area (Å²) < 4.78 is 13.2. The van der Waals surface area contributed by atoms with Gasteiger partial charge in [-0.3, -0.25) is 4.98 Å². The molecular weight excluding hydrogens is 239 g/mol. The van der Waals surface area contributed by atoms with Gasteiger partial charge in [-0.05, 0) is 49.1 Å². The van der Waals surface area contributed by atoms with E-state index in [-0.39, 0.29) is 17.9 Å². The minimum absolute atomic E-state index is 0.119. The molecule has 1 aromatic carbocycles. The lowest BCUT2D eigenvalue weighted by atomic mass is 10.1. The number of nitrogens with zero attached hydrogens (tertiary/aromatic N) is 1. The summed E-state index contributed by atoms with van der Waals surface area (Å²) in [4.78, 5) is 4.47. The molecule has 1 aliphatic carbocycles. The zero-order valence-electron chi connectivity index (χ0n) is 10.9. The summed E-state index contributed by atoms with van der Waals surface area (Å²) in [6.07, 6.45) is 3.97. The second-order valence-corrected chi connectivity index (χ2v) is 5.08. The molecule has 0 saturated carbocycles. The fourth-order valence-corrected chi connectivity index (χ4v) is 2.75. The van der Waals surface area contributed by atoms with Crippen molar-refractivity contribution < 1.29 is 4.39 Å². The van der Waals surface area contributed by atoms with Gasteiger partial charge < -0.3 is 5.32 Å². The number of fused-ring (bicyclic) bond motifs is 1. The van der Waals surface area contributed by atoms with E-state index in [0.29, 0.717) is 0 Å². The van der Waals surface area contributed by atoms with E-state index in [2.05, 4.69) is 23.3 Å². The highest BCUT2D eigenvalue weighted by atomic mass is 19.1. The molecule has 1 N–H and O–H groups in total. The number of hydrogen-bond donors (Lipinski definition) is 1. The van der Waals surface area contributed by atoms with Crippen LogP contribution in [0.2, 0.25) is 0 Å². The Hall–Kier alpha value is -1.74. The zero-order valence-corrected chi connectivity index (χ0v) is 10.9. The average Bonchev–Trinajstić information content (AvgIpc) is 2.82. The van der Waals surface area contributed by atoms with Crippen molar-refractivity contribution in [2.45, 2.75) is 31.8 Å². The molecular formula is C16H17FN2. The fourth-order valence-electron chi connectivity index (χ4n) is 2.75. The maximum atomic E-state index is 13.2. The van der Waals surface area contributed by atoms with Crippen LogP contribution in [0.1, 0.15) is 42.2 Å². The average molecular weight is 256 g/mol. The quantitative estimate of drug-likeness (QED) is 0.908. The minimum Gasteiger partial charge on any atom is -0.302 e. The highest BCUT2D eigenvalue weighted by Crippen LogP contribution is 2.31. The van der Waals surface area contributed by atoms with Gasteiger partial charge in [0, 0.05) is 12.2 Å². The van der Waals surface area contributed by atoms with E-state index >= 15 is 0 Å². The smallest absolute Gasteiger partial charge is 0.123 e. The van der Waals surface area contributed by atoms with Crippen LogP contribution in [0.15, 0.2) is 42.6 Å². The summed E-state index contributed by atoms with van der Waals surface area (Å²) >= 11 is 0. The number of benzene rings is 1. The normalized spacial score (nSPS) is 19.2. The number of rotatable bonds is 3. The molecule has 1 aliphatic rings. The first-order valence-corrected chi connectivity index (χ1v) is 6.69. The monoisotopic (exact) mass is 256 g/mol. The highest BCUT2D eigenvalue weighted by molar-refractivity contribution is 5.29. The van der Waals surface area contributed by atoms with Crippen LogP contribution in [-0.2, 0) is 6.42 Å².